The summed E-state index contributed by atoms with van der Waals surface area (Å²) in [6, 6.07) is 11.3. The maximum absolute atomic E-state index is 10.9. The molecule has 0 aliphatic rings. The molecule has 0 aliphatic carbocycles. The summed E-state index contributed by atoms with van der Waals surface area (Å²) >= 11 is 5.89. The normalized spacial score (nSPS) is 12.0. The molecule has 0 spiro atoms. The second-order valence-corrected chi connectivity index (χ2v) is 4.97. The molecule has 1 N–H and O–H groups in total. The van der Waals surface area contributed by atoms with Gasteiger partial charge in [0.25, 0.3) is 5.69 Å². The number of nitro benzene ring substituents is 1. The second-order valence-electron chi connectivity index (χ2n) is 4.53. The van der Waals surface area contributed by atoms with E-state index in [0.29, 0.717) is 21.9 Å². The summed E-state index contributed by atoms with van der Waals surface area (Å²) in [4.78, 5) is 10.5. The van der Waals surface area contributed by atoms with Crippen LogP contribution < -0.4 is 4.74 Å². The van der Waals surface area contributed by atoms with E-state index < -0.39 is 11.0 Å². The zero-order chi connectivity index (χ0) is 15.4. The van der Waals surface area contributed by atoms with Crippen LogP contribution in [0.1, 0.15) is 24.2 Å². The Morgan fingerprint density at radius 2 is 2.05 bits per heavy atom. The van der Waals surface area contributed by atoms with E-state index in [4.69, 9.17) is 16.3 Å². The molecule has 0 unspecified atom stereocenters. The molecule has 21 heavy (non-hydrogen) atoms. The SMILES string of the molecule is C[C@@H](O)c1cc(Cl)ccc1OCc1ccccc1[N+](=O)[O-]. The predicted molar refractivity (Wildman–Crippen MR) is 79.5 cm³/mol. The van der Waals surface area contributed by atoms with Crippen molar-refractivity contribution < 1.29 is 14.8 Å². The van der Waals surface area contributed by atoms with Gasteiger partial charge < -0.3 is 9.84 Å². The fraction of sp³-hybridized carbons (Fsp3) is 0.200. The lowest BCUT2D eigenvalue weighted by Gasteiger charge is -2.14. The van der Waals surface area contributed by atoms with Crippen LogP contribution in [0.15, 0.2) is 42.5 Å². The van der Waals surface area contributed by atoms with Gasteiger partial charge in [-0.05, 0) is 31.2 Å². The van der Waals surface area contributed by atoms with Crippen LogP contribution in [0, 0.1) is 10.1 Å². The topological polar surface area (TPSA) is 72.6 Å². The first kappa shape index (κ1) is 15.3. The third-order valence-electron chi connectivity index (χ3n) is 2.99. The van der Waals surface area contributed by atoms with Crippen molar-refractivity contribution in [2.24, 2.45) is 0 Å². The molecular formula is C15H14ClNO4. The smallest absolute Gasteiger partial charge is 0.276 e. The zero-order valence-corrected chi connectivity index (χ0v) is 12.1. The molecule has 0 aromatic heterocycles. The number of ether oxygens (including phenoxy) is 1. The summed E-state index contributed by atoms with van der Waals surface area (Å²) < 4.78 is 5.61. The van der Waals surface area contributed by atoms with Gasteiger partial charge in [-0.1, -0.05) is 23.7 Å². The van der Waals surface area contributed by atoms with Crippen molar-refractivity contribution >= 4 is 17.3 Å². The summed E-state index contributed by atoms with van der Waals surface area (Å²) in [7, 11) is 0. The van der Waals surface area contributed by atoms with E-state index in [1.54, 1.807) is 43.3 Å². The maximum Gasteiger partial charge on any atom is 0.276 e. The minimum Gasteiger partial charge on any atom is -0.488 e. The van der Waals surface area contributed by atoms with Gasteiger partial charge in [0.05, 0.1) is 16.6 Å². The molecule has 2 aromatic carbocycles. The van der Waals surface area contributed by atoms with E-state index in [9.17, 15) is 15.2 Å². The largest absolute Gasteiger partial charge is 0.488 e. The van der Waals surface area contributed by atoms with Crippen LogP contribution in [-0.4, -0.2) is 10.0 Å². The molecule has 2 aromatic rings. The highest BCUT2D eigenvalue weighted by Crippen LogP contribution is 2.29. The first-order chi connectivity index (χ1) is 9.99. The number of hydrogen-bond acceptors (Lipinski definition) is 4. The quantitative estimate of drug-likeness (QED) is 0.672. The Balaban J connectivity index is 2.23. The average Bonchev–Trinajstić information content (AvgIpc) is 2.46. The third-order valence-corrected chi connectivity index (χ3v) is 3.23. The maximum atomic E-state index is 10.9. The van der Waals surface area contributed by atoms with Crippen LogP contribution in [0.25, 0.3) is 0 Å². The number of halogens is 1. The van der Waals surface area contributed by atoms with Crippen molar-refractivity contribution in [3.05, 3.63) is 68.7 Å². The summed E-state index contributed by atoms with van der Waals surface area (Å²) in [5.74, 6) is 0.451. The Hall–Kier alpha value is -2.11. The van der Waals surface area contributed by atoms with Gasteiger partial charge in [0.1, 0.15) is 12.4 Å². The number of nitro groups is 1. The first-order valence-corrected chi connectivity index (χ1v) is 6.69. The average molecular weight is 308 g/mol. The van der Waals surface area contributed by atoms with Gasteiger partial charge in [0.2, 0.25) is 0 Å². The lowest BCUT2D eigenvalue weighted by atomic mass is 10.1. The highest BCUT2D eigenvalue weighted by atomic mass is 35.5. The van der Waals surface area contributed by atoms with Crippen molar-refractivity contribution in [3.8, 4) is 5.75 Å². The summed E-state index contributed by atoms with van der Waals surface area (Å²) in [6.07, 6.45) is -0.746. The summed E-state index contributed by atoms with van der Waals surface area (Å²) in [5.41, 5.74) is 1.01. The second kappa shape index (κ2) is 6.56. The fourth-order valence-corrected chi connectivity index (χ4v) is 2.12. The van der Waals surface area contributed by atoms with Crippen molar-refractivity contribution in [2.45, 2.75) is 19.6 Å². The molecule has 0 heterocycles. The molecule has 110 valence electrons. The number of para-hydroxylation sites is 1. The van der Waals surface area contributed by atoms with Crippen LogP contribution in [0.3, 0.4) is 0 Å². The summed E-state index contributed by atoms with van der Waals surface area (Å²) in [6.45, 7) is 1.64. The highest BCUT2D eigenvalue weighted by molar-refractivity contribution is 6.30. The van der Waals surface area contributed by atoms with E-state index in [0.717, 1.165) is 0 Å². The molecular weight excluding hydrogens is 294 g/mol. The Morgan fingerprint density at radius 3 is 2.71 bits per heavy atom. The Bertz CT molecular complexity index is 658. The number of benzene rings is 2. The van der Waals surface area contributed by atoms with Gasteiger partial charge in [-0.3, -0.25) is 10.1 Å². The van der Waals surface area contributed by atoms with Gasteiger partial charge >= 0.3 is 0 Å². The molecule has 0 saturated heterocycles. The monoisotopic (exact) mass is 307 g/mol. The Labute approximate surface area is 126 Å². The molecule has 1 atom stereocenters. The minimum absolute atomic E-state index is 0.00469. The Morgan fingerprint density at radius 1 is 1.33 bits per heavy atom. The lowest BCUT2D eigenvalue weighted by Crippen LogP contribution is -2.03. The molecule has 6 heteroatoms. The molecule has 0 aliphatic heterocycles. The zero-order valence-electron chi connectivity index (χ0n) is 11.3. The number of hydrogen-bond donors (Lipinski definition) is 1. The highest BCUT2D eigenvalue weighted by Gasteiger charge is 2.15. The minimum atomic E-state index is -0.746. The predicted octanol–water partition coefficient (Wildman–Crippen LogP) is 3.88. The van der Waals surface area contributed by atoms with Crippen LogP contribution in [0.2, 0.25) is 5.02 Å². The molecule has 0 fully saturated rings. The van der Waals surface area contributed by atoms with Gasteiger partial charge in [-0.2, -0.15) is 0 Å². The van der Waals surface area contributed by atoms with Crippen LogP contribution in [0.4, 0.5) is 5.69 Å². The van der Waals surface area contributed by atoms with Crippen molar-refractivity contribution in [2.75, 3.05) is 0 Å². The molecule has 0 bridgehead atoms. The van der Waals surface area contributed by atoms with Gasteiger partial charge in [0.15, 0.2) is 0 Å². The van der Waals surface area contributed by atoms with E-state index in [-0.39, 0.29) is 12.3 Å². The van der Waals surface area contributed by atoms with Crippen LogP contribution in [-0.2, 0) is 6.61 Å². The van der Waals surface area contributed by atoms with E-state index >= 15 is 0 Å². The first-order valence-electron chi connectivity index (χ1n) is 6.31. The molecule has 0 amide bonds. The van der Waals surface area contributed by atoms with Crippen LogP contribution in [0.5, 0.6) is 5.75 Å². The van der Waals surface area contributed by atoms with E-state index in [1.165, 1.54) is 6.07 Å². The van der Waals surface area contributed by atoms with Crippen molar-refractivity contribution in [1.29, 1.82) is 0 Å². The van der Waals surface area contributed by atoms with Gasteiger partial charge in [-0.25, -0.2) is 0 Å². The summed E-state index contributed by atoms with van der Waals surface area (Å²) in [5, 5.41) is 21.2. The molecule has 0 saturated carbocycles. The van der Waals surface area contributed by atoms with E-state index in [2.05, 4.69) is 0 Å². The van der Waals surface area contributed by atoms with Gasteiger partial charge in [0, 0.05) is 16.7 Å². The van der Waals surface area contributed by atoms with Crippen molar-refractivity contribution in [3.63, 3.8) is 0 Å². The molecule has 2 rings (SSSR count). The number of rotatable bonds is 5. The van der Waals surface area contributed by atoms with Crippen LogP contribution >= 0.6 is 11.6 Å². The van der Waals surface area contributed by atoms with Crippen molar-refractivity contribution in [1.82, 2.24) is 0 Å². The Kier molecular flexibility index (Phi) is 4.77. The third kappa shape index (κ3) is 3.71. The number of aliphatic hydroxyl groups is 1. The van der Waals surface area contributed by atoms with E-state index in [1.807, 2.05) is 0 Å². The number of nitrogens with zero attached hydrogens (tertiary/aromatic N) is 1. The lowest BCUT2D eigenvalue weighted by molar-refractivity contribution is -0.385. The standard InChI is InChI=1S/C15H14ClNO4/c1-10(18)13-8-12(16)6-7-15(13)21-9-11-4-2-3-5-14(11)17(19)20/h2-8,10,18H,9H2,1H3/t10-/m1/s1. The number of aliphatic hydroxyl groups excluding tert-OH is 1. The molecule has 5 nitrogen and oxygen atoms in total. The van der Waals surface area contributed by atoms with Gasteiger partial charge in [-0.15, -0.1) is 0 Å². The molecule has 0 radical (unpaired) electrons. The fourth-order valence-electron chi connectivity index (χ4n) is 1.94.